The monoisotopic (exact) mass is 234 g/mol. The first-order chi connectivity index (χ1) is 7.16. The minimum absolute atomic E-state index is 0.187. The van der Waals surface area contributed by atoms with E-state index in [1.807, 2.05) is 0 Å². The Morgan fingerprint density at radius 1 is 1.20 bits per heavy atom. The summed E-state index contributed by atoms with van der Waals surface area (Å²) in [5.74, 6) is -0.187. The molecule has 0 amide bonds. The molecule has 0 spiro atoms. The molecule has 2 nitrogen and oxygen atoms in total. The smallest absolute Gasteiger partial charge is 0.302 e. The Kier molecular flexibility index (Phi) is 10.1. The second kappa shape index (κ2) is 10.3. The molecule has 0 radical (unpaired) electrons. The first-order valence-electron chi connectivity index (χ1n) is 5.94. The third-order valence-electron chi connectivity index (χ3n) is 2.34. The molecule has 0 aliphatic heterocycles. The molecule has 0 aromatic carbocycles. The Balaban J connectivity index is 3.12. The maximum absolute atomic E-state index is 10.5. The van der Waals surface area contributed by atoms with E-state index < -0.39 is 0 Å². The molecule has 0 bridgehead atoms. The van der Waals surface area contributed by atoms with Crippen molar-refractivity contribution in [1.29, 1.82) is 0 Å². The summed E-state index contributed by atoms with van der Waals surface area (Å²) in [7, 11) is 0. The van der Waals surface area contributed by atoms with Gasteiger partial charge < -0.3 is 4.74 Å². The fraction of sp³-hybridized carbons (Fsp3) is 0.917. The first-order valence-corrected chi connectivity index (χ1v) is 6.38. The van der Waals surface area contributed by atoms with Gasteiger partial charge in [0.2, 0.25) is 0 Å². The molecule has 0 N–H and O–H groups in total. The molecule has 15 heavy (non-hydrogen) atoms. The van der Waals surface area contributed by atoms with Gasteiger partial charge in [-0.3, -0.25) is 4.79 Å². The van der Waals surface area contributed by atoms with E-state index in [0.29, 0.717) is 12.0 Å². The molecular formula is C12H23ClO2. The lowest BCUT2D eigenvalue weighted by atomic mass is 10.1. The minimum Gasteiger partial charge on any atom is -0.466 e. The van der Waals surface area contributed by atoms with Crippen LogP contribution in [0.5, 0.6) is 0 Å². The zero-order valence-electron chi connectivity index (χ0n) is 9.93. The van der Waals surface area contributed by atoms with Gasteiger partial charge in [-0.25, -0.2) is 0 Å². The predicted octanol–water partition coefficient (Wildman–Crippen LogP) is 3.91. The molecule has 0 aromatic heterocycles. The van der Waals surface area contributed by atoms with E-state index in [1.54, 1.807) is 0 Å². The molecule has 0 rings (SSSR count). The molecule has 3 heteroatoms. The van der Waals surface area contributed by atoms with Crippen LogP contribution in [-0.4, -0.2) is 18.0 Å². The Morgan fingerprint density at radius 3 is 2.47 bits per heavy atom. The fourth-order valence-electron chi connectivity index (χ4n) is 1.43. The van der Waals surface area contributed by atoms with Crippen molar-refractivity contribution in [2.75, 3.05) is 6.61 Å². The molecule has 90 valence electrons. The highest BCUT2D eigenvalue weighted by Gasteiger charge is 2.03. The summed E-state index contributed by atoms with van der Waals surface area (Å²) in [6, 6.07) is 0. The molecule has 1 unspecified atom stereocenters. The molecule has 0 saturated carbocycles. The lowest BCUT2D eigenvalue weighted by Crippen LogP contribution is -2.01. The van der Waals surface area contributed by atoms with E-state index in [0.717, 1.165) is 32.1 Å². The summed E-state index contributed by atoms with van der Waals surface area (Å²) in [5, 5.41) is 0.332. The van der Waals surface area contributed by atoms with Gasteiger partial charge in [0, 0.05) is 12.3 Å². The van der Waals surface area contributed by atoms with Crippen LogP contribution in [0.2, 0.25) is 0 Å². The first kappa shape index (κ1) is 14.8. The maximum Gasteiger partial charge on any atom is 0.302 e. The Labute approximate surface area is 98.3 Å². The summed E-state index contributed by atoms with van der Waals surface area (Å²) in [6.07, 6.45) is 7.85. The van der Waals surface area contributed by atoms with Crippen LogP contribution in [0.1, 0.15) is 58.8 Å². The number of halogens is 1. The van der Waals surface area contributed by atoms with Gasteiger partial charge in [-0.2, -0.15) is 0 Å². The van der Waals surface area contributed by atoms with Gasteiger partial charge in [-0.05, 0) is 19.3 Å². The van der Waals surface area contributed by atoms with Crippen LogP contribution in [0.3, 0.4) is 0 Å². The Morgan fingerprint density at radius 2 is 1.87 bits per heavy atom. The van der Waals surface area contributed by atoms with Crippen molar-refractivity contribution in [3.05, 3.63) is 0 Å². The van der Waals surface area contributed by atoms with Crippen molar-refractivity contribution >= 4 is 17.6 Å². The van der Waals surface area contributed by atoms with Gasteiger partial charge in [-0.15, -0.1) is 11.6 Å². The maximum atomic E-state index is 10.5. The summed E-state index contributed by atoms with van der Waals surface area (Å²) in [6.45, 7) is 4.18. The van der Waals surface area contributed by atoms with Gasteiger partial charge in [0.05, 0.1) is 6.61 Å². The number of ether oxygens (including phenoxy) is 1. The number of hydrogen-bond acceptors (Lipinski definition) is 2. The minimum atomic E-state index is -0.187. The topological polar surface area (TPSA) is 26.3 Å². The number of unbranched alkanes of at least 4 members (excludes halogenated alkanes) is 3. The lowest BCUT2D eigenvalue weighted by Gasteiger charge is -2.08. The van der Waals surface area contributed by atoms with Crippen molar-refractivity contribution in [1.82, 2.24) is 0 Å². The normalized spacial score (nSPS) is 12.5. The highest BCUT2D eigenvalue weighted by Crippen LogP contribution is 2.15. The molecule has 0 saturated heterocycles. The van der Waals surface area contributed by atoms with Crippen molar-refractivity contribution in [2.24, 2.45) is 0 Å². The molecule has 0 aromatic rings. The van der Waals surface area contributed by atoms with E-state index >= 15 is 0 Å². The standard InChI is InChI=1S/C12H23ClO2/c1-3-4-8-12(13)9-6-5-7-10-15-11(2)14/h12H,3-10H2,1-2H3. The van der Waals surface area contributed by atoms with Crippen LogP contribution in [-0.2, 0) is 9.53 Å². The van der Waals surface area contributed by atoms with E-state index in [9.17, 15) is 4.79 Å². The lowest BCUT2D eigenvalue weighted by molar-refractivity contribution is -0.141. The number of carbonyl (C=O) groups is 1. The molecule has 0 heterocycles. The number of carbonyl (C=O) groups excluding carboxylic acids is 1. The SMILES string of the molecule is CCCCC(Cl)CCCCCOC(C)=O. The highest BCUT2D eigenvalue weighted by molar-refractivity contribution is 6.20. The van der Waals surface area contributed by atoms with Crippen molar-refractivity contribution in [2.45, 2.75) is 64.2 Å². The molecule has 0 aliphatic rings. The van der Waals surface area contributed by atoms with Crippen molar-refractivity contribution < 1.29 is 9.53 Å². The molecular weight excluding hydrogens is 212 g/mol. The van der Waals surface area contributed by atoms with Gasteiger partial charge >= 0.3 is 5.97 Å². The van der Waals surface area contributed by atoms with Gasteiger partial charge in [0.25, 0.3) is 0 Å². The van der Waals surface area contributed by atoms with Gasteiger partial charge in [-0.1, -0.05) is 32.6 Å². The number of rotatable bonds is 9. The average molecular weight is 235 g/mol. The second-order valence-corrected chi connectivity index (χ2v) is 4.55. The summed E-state index contributed by atoms with van der Waals surface area (Å²) >= 11 is 6.14. The van der Waals surface area contributed by atoms with Crippen LogP contribution >= 0.6 is 11.6 Å². The van der Waals surface area contributed by atoms with Gasteiger partial charge in [0.15, 0.2) is 0 Å². The predicted molar refractivity (Wildman–Crippen MR) is 64.3 cm³/mol. The average Bonchev–Trinajstić information content (AvgIpc) is 2.19. The van der Waals surface area contributed by atoms with E-state index in [2.05, 4.69) is 6.92 Å². The van der Waals surface area contributed by atoms with Crippen LogP contribution in [0, 0.1) is 0 Å². The zero-order valence-corrected chi connectivity index (χ0v) is 10.7. The number of alkyl halides is 1. The Bertz CT molecular complexity index is 160. The third kappa shape index (κ3) is 11.7. The quantitative estimate of drug-likeness (QED) is 0.344. The van der Waals surface area contributed by atoms with Crippen LogP contribution in [0.4, 0.5) is 0 Å². The number of hydrogen-bond donors (Lipinski definition) is 0. The van der Waals surface area contributed by atoms with Crippen molar-refractivity contribution in [3.8, 4) is 0 Å². The van der Waals surface area contributed by atoms with E-state index in [4.69, 9.17) is 16.3 Å². The van der Waals surface area contributed by atoms with Crippen LogP contribution < -0.4 is 0 Å². The van der Waals surface area contributed by atoms with E-state index in [1.165, 1.54) is 19.8 Å². The summed E-state index contributed by atoms with van der Waals surface area (Å²) in [4.78, 5) is 10.5. The van der Waals surface area contributed by atoms with Gasteiger partial charge in [0.1, 0.15) is 0 Å². The zero-order chi connectivity index (χ0) is 11.5. The third-order valence-corrected chi connectivity index (χ3v) is 2.77. The molecule has 0 aliphatic carbocycles. The van der Waals surface area contributed by atoms with Crippen LogP contribution in [0.25, 0.3) is 0 Å². The molecule has 0 fully saturated rings. The van der Waals surface area contributed by atoms with Crippen molar-refractivity contribution in [3.63, 3.8) is 0 Å². The summed E-state index contributed by atoms with van der Waals surface area (Å²) < 4.78 is 4.84. The Hall–Kier alpha value is -0.240. The van der Waals surface area contributed by atoms with Crippen LogP contribution in [0.15, 0.2) is 0 Å². The fourth-order valence-corrected chi connectivity index (χ4v) is 1.74. The molecule has 1 atom stereocenters. The largest absolute Gasteiger partial charge is 0.466 e. The summed E-state index contributed by atoms with van der Waals surface area (Å²) in [5.41, 5.74) is 0. The highest BCUT2D eigenvalue weighted by atomic mass is 35.5. The second-order valence-electron chi connectivity index (χ2n) is 3.93. The van der Waals surface area contributed by atoms with E-state index in [-0.39, 0.29) is 5.97 Å². The number of esters is 1.